The van der Waals surface area contributed by atoms with Crippen LogP contribution in [0.5, 0.6) is 11.8 Å². The van der Waals surface area contributed by atoms with Crippen molar-refractivity contribution in [3.63, 3.8) is 0 Å². The van der Waals surface area contributed by atoms with Crippen LogP contribution in [0.2, 0.25) is 0 Å². The third-order valence-corrected chi connectivity index (χ3v) is 6.08. The van der Waals surface area contributed by atoms with Crippen molar-refractivity contribution in [2.24, 2.45) is 7.05 Å². The Morgan fingerprint density at radius 3 is 2.78 bits per heavy atom. The molecule has 36 heavy (non-hydrogen) atoms. The molecule has 0 unspecified atom stereocenters. The lowest BCUT2D eigenvalue weighted by atomic mass is 10.2. The number of imidazole rings is 1. The Balaban J connectivity index is 1.68. The first-order valence-electron chi connectivity index (χ1n) is 12.1. The number of aromatic nitrogens is 7. The Kier molecular flexibility index (Phi) is 6.50. The summed E-state index contributed by atoms with van der Waals surface area (Å²) in [6, 6.07) is 0. The highest BCUT2D eigenvalue weighted by Gasteiger charge is 2.23. The first kappa shape index (κ1) is 24.0. The molecule has 2 atom stereocenters. The molecule has 0 amide bonds. The third kappa shape index (κ3) is 4.59. The van der Waals surface area contributed by atoms with Crippen molar-refractivity contribution in [3.8, 4) is 23.0 Å². The van der Waals surface area contributed by atoms with Crippen molar-refractivity contribution in [3.05, 3.63) is 41.9 Å². The molecule has 11 nitrogen and oxygen atoms in total. The predicted molar refractivity (Wildman–Crippen MR) is 136 cm³/mol. The maximum absolute atomic E-state index is 10.1. The molecular weight excluding hydrogens is 460 g/mol. The van der Waals surface area contributed by atoms with Gasteiger partial charge in [0.15, 0.2) is 0 Å². The van der Waals surface area contributed by atoms with Crippen molar-refractivity contribution >= 4 is 17.7 Å². The Hall–Kier alpha value is -3.70. The molecule has 5 heterocycles. The molecule has 0 saturated carbocycles. The first-order valence-corrected chi connectivity index (χ1v) is 12.1. The van der Waals surface area contributed by atoms with E-state index < -0.39 is 6.10 Å². The molecular formula is C25H32N8O3. The summed E-state index contributed by atoms with van der Waals surface area (Å²) in [5.74, 6) is 1.94. The topological polar surface area (TPSA) is 108 Å². The van der Waals surface area contributed by atoms with Crippen molar-refractivity contribution in [1.82, 2.24) is 38.8 Å². The summed E-state index contributed by atoms with van der Waals surface area (Å²) in [7, 11) is 3.90. The van der Waals surface area contributed by atoms with Gasteiger partial charge in [0, 0.05) is 26.3 Å². The Morgan fingerprint density at radius 2 is 2.00 bits per heavy atom. The highest BCUT2D eigenvalue weighted by Crippen LogP contribution is 2.31. The van der Waals surface area contributed by atoms with Gasteiger partial charge in [0.05, 0.1) is 65.9 Å². The second-order valence-electron chi connectivity index (χ2n) is 9.26. The highest BCUT2D eigenvalue weighted by molar-refractivity contribution is 5.73. The lowest BCUT2D eigenvalue weighted by molar-refractivity contribution is 0.142. The zero-order valence-corrected chi connectivity index (χ0v) is 21.3. The molecule has 0 radical (unpaired) electrons. The van der Waals surface area contributed by atoms with E-state index in [4.69, 9.17) is 14.6 Å². The molecule has 4 aromatic rings. The molecule has 4 aromatic heterocycles. The van der Waals surface area contributed by atoms with Gasteiger partial charge < -0.3 is 14.6 Å². The van der Waals surface area contributed by atoms with Crippen LogP contribution in [0.1, 0.15) is 37.9 Å². The summed E-state index contributed by atoms with van der Waals surface area (Å²) in [5, 5.41) is 19.2. The molecule has 190 valence electrons. The van der Waals surface area contributed by atoms with Gasteiger partial charge in [-0.3, -0.25) is 19.0 Å². The van der Waals surface area contributed by atoms with E-state index in [9.17, 15) is 5.11 Å². The summed E-state index contributed by atoms with van der Waals surface area (Å²) in [6.07, 6.45) is 10.6. The van der Waals surface area contributed by atoms with Gasteiger partial charge >= 0.3 is 0 Å². The minimum atomic E-state index is -0.554. The fourth-order valence-corrected chi connectivity index (χ4v) is 4.53. The summed E-state index contributed by atoms with van der Waals surface area (Å²) in [5.41, 5.74) is 4.25. The molecule has 0 aliphatic carbocycles. The zero-order chi connectivity index (χ0) is 25.4. The molecule has 0 fully saturated rings. The largest absolute Gasteiger partial charge is 0.476 e. The van der Waals surface area contributed by atoms with E-state index in [2.05, 4.69) is 20.0 Å². The standard InChI is InChI=1S/C25H32N8O3/c1-6-35-24-19-7-8-23-27-10-18-9-26-21(14-32(18)23)20-11-28-31(5)25(20)36-17(3)13-30(4)15-22(19)33(29-24)12-16(2)34/h7-11,14,16-17,34H,6,12-13,15H2,1-5H3/b8-7+/t16-,17-/m0/s1. The molecule has 0 aromatic carbocycles. The average Bonchev–Trinajstić information content (AvgIpc) is 3.48. The van der Waals surface area contributed by atoms with Crippen molar-refractivity contribution < 1.29 is 14.6 Å². The summed E-state index contributed by atoms with van der Waals surface area (Å²) in [6.45, 7) is 7.82. The number of ether oxygens (including phenoxy) is 2. The number of aliphatic hydroxyl groups is 1. The maximum atomic E-state index is 10.1. The normalized spacial score (nSPS) is 18.2. The predicted octanol–water partition coefficient (Wildman–Crippen LogP) is 2.49. The van der Waals surface area contributed by atoms with E-state index >= 15 is 0 Å². The number of nitrogens with zero attached hydrogens (tertiary/aromatic N) is 8. The van der Waals surface area contributed by atoms with Crippen LogP contribution in [0, 0.1) is 0 Å². The number of fused-ring (bicyclic) bond motifs is 4. The van der Waals surface area contributed by atoms with E-state index in [1.54, 1.807) is 30.2 Å². The van der Waals surface area contributed by atoms with Gasteiger partial charge in [-0.1, -0.05) is 0 Å². The van der Waals surface area contributed by atoms with E-state index in [1.165, 1.54) is 0 Å². The van der Waals surface area contributed by atoms with Gasteiger partial charge in [0.25, 0.3) is 0 Å². The van der Waals surface area contributed by atoms with E-state index in [0.29, 0.717) is 38.0 Å². The second-order valence-corrected chi connectivity index (χ2v) is 9.26. The third-order valence-electron chi connectivity index (χ3n) is 6.08. The smallest absolute Gasteiger partial charge is 0.240 e. The van der Waals surface area contributed by atoms with Gasteiger partial charge in [-0.2, -0.15) is 5.10 Å². The monoisotopic (exact) mass is 492 g/mol. The van der Waals surface area contributed by atoms with Gasteiger partial charge in [-0.25, -0.2) is 9.67 Å². The molecule has 5 rings (SSSR count). The zero-order valence-electron chi connectivity index (χ0n) is 21.3. The van der Waals surface area contributed by atoms with Crippen LogP contribution in [0.25, 0.3) is 28.9 Å². The van der Waals surface area contributed by atoms with Crippen LogP contribution in [0.4, 0.5) is 0 Å². The van der Waals surface area contributed by atoms with Gasteiger partial charge in [-0.15, -0.1) is 5.10 Å². The van der Waals surface area contributed by atoms with Crippen LogP contribution >= 0.6 is 0 Å². The Bertz CT molecular complexity index is 1400. The molecule has 0 spiro atoms. The number of rotatable bonds is 4. The minimum absolute atomic E-state index is 0.125. The van der Waals surface area contributed by atoms with E-state index in [0.717, 1.165) is 33.9 Å². The quantitative estimate of drug-likeness (QED) is 0.463. The van der Waals surface area contributed by atoms with Gasteiger partial charge in [0.2, 0.25) is 11.8 Å². The Morgan fingerprint density at radius 1 is 1.19 bits per heavy atom. The first-order chi connectivity index (χ1) is 17.3. The molecule has 0 saturated heterocycles. The fraction of sp³-hybridized carbons (Fsp3) is 0.440. The number of hydrogen-bond donors (Lipinski definition) is 1. The molecule has 1 N–H and O–H groups in total. The van der Waals surface area contributed by atoms with Gasteiger partial charge in [-0.05, 0) is 40.0 Å². The fourth-order valence-electron chi connectivity index (χ4n) is 4.53. The van der Waals surface area contributed by atoms with E-state index in [1.807, 2.05) is 55.4 Å². The van der Waals surface area contributed by atoms with Crippen molar-refractivity contribution in [1.29, 1.82) is 0 Å². The number of hydrogen-bond acceptors (Lipinski definition) is 8. The molecule has 1 aliphatic rings. The van der Waals surface area contributed by atoms with Crippen LogP contribution in [0.3, 0.4) is 0 Å². The molecule has 2 bridgehead atoms. The maximum Gasteiger partial charge on any atom is 0.240 e. The number of aliphatic hydroxyl groups excluding tert-OH is 1. The van der Waals surface area contributed by atoms with Crippen LogP contribution in [-0.2, 0) is 20.1 Å². The number of aryl methyl sites for hydroxylation is 1. The lowest BCUT2D eigenvalue weighted by Gasteiger charge is -2.23. The molecule has 11 heteroatoms. The van der Waals surface area contributed by atoms with Crippen LogP contribution in [-0.4, -0.2) is 76.3 Å². The van der Waals surface area contributed by atoms with Crippen molar-refractivity contribution in [2.45, 2.75) is 46.1 Å². The minimum Gasteiger partial charge on any atom is -0.476 e. The van der Waals surface area contributed by atoms with Gasteiger partial charge in [0.1, 0.15) is 11.9 Å². The lowest BCUT2D eigenvalue weighted by Crippen LogP contribution is -2.32. The molecule has 1 aliphatic heterocycles. The van der Waals surface area contributed by atoms with Crippen LogP contribution in [0.15, 0.2) is 24.8 Å². The van der Waals surface area contributed by atoms with Crippen LogP contribution < -0.4 is 9.47 Å². The Labute approximate surface area is 209 Å². The summed E-state index contributed by atoms with van der Waals surface area (Å²) >= 11 is 0. The summed E-state index contributed by atoms with van der Waals surface area (Å²) in [4.78, 5) is 11.4. The average molecular weight is 493 g/mol. The summed E-state index contributed by atoms with van der Waals surface area (Å²) < 4.78 is 17.8. The highest BCUT2D eigenvalue weighted by atomic mass is 16.5. The second kappa shape index (κ2) is 9.75. The SMILES string of the molecule is CCOc1nn(C[C@H](C)O)c2c1/C=C/c1ncc3cnc(cn13)-c1cnn(C)c1O[C@@H](C)CN(C)C2. The van der Waals surface area contributed by atoms with Crippen molar-refractivity contribution in [2.75, 3.05) is 20.2 Å². The van der Waals surface area contributed by atoms with E-state index in [-0.39, 0.29) is 6.10 Å². The number of likely N-dealkylation sites (N-methyl/N-ethyl adjacent to an activating group) is 1.